The Morgan fingerprint density at radius 2 is 2.25 bits per heavy atom. The molecule has 4 N–H and O–H groups in total. The summed E-state index contributed by atoms with van der Waals surface area (Å²) in [4.78, 5) is 19.1. The molecule has 1 aromatic heterocycles. The van der Waals surface area contributed by atoms with Gasteiger partial charge in [-0.15, -0.1) is 0 Å². The predicted molar refractivity (Wildman–Crippen MR) is 82.2 cm³/mol. The van der Waals surface area contributed by atoms with E-state index in [-0.39, 0.29) is 11.4 Å². The number of nitrogens with one attached hydrogen (secondary N) is 2. The number of anilines is 1. The fourth-order valence-corrected chi connectivity index (χ4v) is 2.84. The van der Waals surface area contributed by atoms with E-state index in [1.54, 1.807) is 0 Å². The number of rotatable bonds is 5. The number of nitrogens with two attached hydrogens (primary N) is 1. The number of halogens is 1. The van der Waals surface area contributed by atoms with E-state index in [1.807, 2.05) is 25.1 Å². The van der Waals surface area contributed by atoms with Crippen molar-refractivity contribution in [3.05, 3.63) is 45.2 Å². The summed E-state index contributed by atoms with van der Waals surface area (Å²) in [6, 6.07) is 6.90. The van der Waals surface area contributed by atoms with Crippen LogP contribution in [0.3, 0.4) is 0 Å². The van der Waals surface area contributed by atoms with Crippen LogP contribution in [0.4, 0.5) is 5.82 Å². The van der Waals surface area contributed by atoms with Gasteiger partial charge in [0.25, 0.3) is 5.56 Å². The monoisotopic (exact) mass is 310 g/mol. The van der Waals surface area contributed by atoms with Crippen LogP contribution in [-0.2, 0) is 6.54 Å². The minimum atomic E-state index is -0.268. The van der Waals surface area contributed by atoms with Gasteiger partial charge in [-0.2, -0.15) is 0 Å². The molecule has 0 spiro atoms. The largest absolute Gasteiger partial charge is 0.383 e. The number of hydrogen-bond acceptors (Lipinski definition) is 5. The van der Waals surface area contributed by atoms with Crippen LogP contribution >= 0.6 is 23.4 Å². The molecule has 0 aliphatic heterocycles. The van der Waals surface area contributed by atoms with Crippen LogP contribution in [0.2, 0.25) is 5.02 Å². The molecule has 5 nitrogen and oxygen atoms in total. The van der Waals surface area contributed by atoms with Gasteiger partial charge in [0.1, 0.15) is 5.82 Å². The molecule has 0 aliphatic carbocycles. The summed E-state index contributed by atoms with van der Waals surface area (Å²) in [5, 5.41) is 4.35. The topological polar surface area (TPSA) is 83.8 Å². The lowest BCUT2D eigenvalue weighted by molar-refractivity contribution is 0.718. The Kier molecular flexibility index (Phi) is 5.05. The van der Waals surface area contributed by atoms with E-state index in [1.165, 1.54) is 17.8 Å². The third kappa shape index (κ3) is 4.00. The normalized spacial score (nSPS) is 10.7. The molecule has 20 heavy (non-hydrogen) atoms. The SMILES string of the molecule is CCNCc1ccc(Cl)cc1Sc1nc(N)cc(=O)[nH]1. The van der Waals surface area contributed by atoms with Crippen molar-refractivity contribution in [2.45, 2.75) is 23.5 Å². The third-order valence-corrected chi connectivity index (χ3v) is 3.76. The van der Waals surface area contributed by atoms with Crippen LogP contribution in [0.15, 0.2) is 39.1 Å². The zero-order valence-corrected chi connectivity index (χ0v) is 12.5. The first-order valence-corrected chi connectivity index (χ1v) is 7.31. The lowest BCUT2D eigenvalue weighted by Gasteiger charge is -2.09. The van der Waals surface area contributed by atoms with Gasteiger partial charge in [-0.25, -0.2) is 4.98 Å². The minimum absolute atomic E-state index is 0.200. The number of hydrogen-bond donors (Lipinski definition) is 3. The Labute approximate surface area is 126 Å². The molecule has 2 rings (SSSR count). The molecule has 0 aliphatic rings. The summed E-state index contributed by atoms with van der Waals surface area (Å²) in [5.74, 6) is 0.200. The highest BCUT2D eigenvalue weighted by Gasteiger charge is 2.08. The summed E-state index contributed by atoms with van der Waals surface area (Å²) < 4.78 is 0. The van der Waals surface area contributed by atoms with Crippen molar-refractivity contribution < 1.29 is 0 Å². The first kappa shape index (κ1) is 14.9. The maximum absolute atomic E-state index is 11.4. The average Bonchev–Trinajstić information content (AvgIpc) is 2.36. The molecule has 0 bridgehead atoms. The zero-order chi connectivity index (χ0) is 14.5. The zero-order valence-electron chi connectivity index (χ0n) is 10.9. The van der Waals surface area contributed by atoms with Gasteiger partial charge in [0, 0.05) is 22.5 Å². The lowest BCUT2D eigenvalue weighted by Crippen LogP contribution is -2.13. The lowest BCUT2D eigenvalue weighted by atomic mass is 10.2. The summed E-state index contributed by atoms with van der Waals surface area (Å²) in [5.41, 5.74) is 6.40. The van der Waals surface area contributed by atoms with Crippen molar-refractivity contribution in [2.75, 3.05) is 12.3 Å². The fraction of sp³-hybridized carbons (Fsp3) is 0.231. The second kappa shape index (κ2) is 6.78. The highest BCUT2D eigenvalue weighted by Crippen LogP contribution is 2.30. The van der Waals surface area contributed by atoms with Crippen LogP contribution in [-0.4, -0.2) is 16.5 Å². The van der Waals surface area contributed by atoms with Gasteiger partial charge in [-0.3, -0.25) is 4.79 Å². The van der Waals surface area contributed by atoms with E-state index in [4.69, 9.17) is 17.3 Å². The number of aromatic amines is 1. The number of benzene rings is 1. The minimum Gasteiger partial charge on any atom is -0.383 e. The Bertz CT molecular complexity index is 659. The highest BCUT2D eigenvalue weighted by atomic mass is 35.5. The van der Waals surface area contributed by atoms with Crippen molar-refractivity contribution in [1.82, 2.24) is 15.3 Å². The van der Waals surface area contributed by atoms with Crippen LogP contribution in [0.5, 0.6) is 0 Å². The van der Waals surface area contributed by atoms with Gasteiger partial charge in [0.15, 0.2) is 5.16 Å². The molecule has 0 fully saturated rings. The Morgan fingerprint density at radius 1 is 1.45 bits per heavy atom. The third-order valence-electron chi connectivity index (χ3n) is 2.54. The van der Waals surface area contributed by atoms with Crippen LogP contribution in [0.1, 0.15) is 12.5 Å². The Hall–Kier alpha value is -1.50. The maximum atomic E-state index is 11.4. The molecule has 0 atom stereocenters. The van der Waals surface area contributed by atoms with E-state index in [2.05, 4.69) is 15.3 Å². The van der Waals surface area contributed by atoms with Crippen molar-refractivity contribution in [2.24, 2.45) is 0 Å². The van der Waals surface area contributed by atoms with Crippen molar-refractivity contribution >= 4 is 29.2 Å². The number of H-pyrrole nitrogens is 1. The molecule has 0 saturated carbocycles. The summed E-state index contributed by atoms with van der Waals surface area (Å²) in [7, 11) is 0. The fourth-order valence-electron chi connectivity index (χ4n) is 1.63. The van der Waals surface area contributed by atoms with E-state index in [0.29, 0.717) is 10.2 Å². The standard InChI is InChI=1S/C13H15ClN4OS/c1-2-16-7-8-3-4-9(14)5-10(8)20-13-17-11(15)6-12(19)18-13/h3-6,16H,2,7H2,1H3,(H3,15,17,18,19). The Morgan fingerprint density at radius 3 is 2.95 bits per heavy atom. The molecule has 0 radical (unpaired) electrons. The molecule has 0 amide bonds. The van der Waals surface area contributed by atoms with Gasteiger partial charge in [0.2, 0.25) is 0 Å². The maximum Gasteiger partial charge on any atom is 0.253 e. The Balaban J connectivity index is 2.31. The first-order chi connectivity index (χ1) is 9.58. The van der Waals surface area contributed by atoms with Gasteiger partial charge in [-0.1, -0.05) is 36.4 Å². The molecule has 2 aromatic rings. The number of nitrogen functional groups attached to an aromatic ring is 1. The predicted octanol–water partition coefficient (Wildman–Crippen LogP) is 2.27. The van der Waals surface area contributed by atoms with Crippen LogP contribution in [0, 0.1) is 0 Å². The number of nitrogens with zero attached hydrogens (tertiary/aromatic N) is 1. The molecule has 1 heterocycles. The molecular weight excluding hydrogens is 296 g/mol. The first-order valence-electron chi connectivity index (χ1n) is 6.12. The van der Waals surface area contributed by atoms with Gasteiger partial charge in [0.05, 0.1) is 0 Å². The van der Waals surface area contributed by atoms with Gasteiger partial charge >= 0.3 is 0 Å². The average molecular weight is 311 g/mol. The number of aromatic nitrogens is 2. The van der Waals surface area contributed by atoms with E-state index in [0.717, 1.165) is 23.5 Å². The smallest absolute Gasteiger partial charge is 0.253 e. The van der Waals surface area contributed by atoms with Crippen LogP contribution in [0.25, 0.3) is 0 Å². The molecule has 106 valence electrons. The summed E-state index contributed by atoms with van der Waals surface area (Å²) in [6.07, 6.45) is 0. The van der Waals surface area contributed by atoms with Gasteiger partial charge in [-0.05, 0) is 24.2 Å². The summed E-state index contributed by atoms with van der Waals surface area (Å²) in [6.45, 7) is 3.64. The van der Waals surface area contributed by atoms with E-state index < -0.39 is 0 Å². The van der Waals surface area contributed by atoms with Crippen molar-refractivity contribution in [1.29, 1.82) is 0 Å². The van der Waals surface area contributed by atoms with E-state index in [9.17, 15) is 4.79 Å². The second-order valence-corrected chi connectivity index (χ2v) is 5.58. The highest BCUT2D eigenvalue weighted by molar-refractivity contribution is 7.99. The second-order valence-electron chi connectivity index (χ2n) is 4.11. The molecular formula is C13H15ClN4OS. The van der Waals surface area contributed by atoms with Crippen molar-refractivity contribution in [3.8, 4) is 0 Å². The van der Waals surface area contributed by atoms with Crippen molar-refractivity contribution in [3.63, 3.8) is 0 Å². The molecule has 1 aromatic carbocycles. The molecule has 0 unspecified atom stereocenters. The van der Waals surface area contributed by atoms with E-state index >= 15 is 0 Å². The molecule has 7 heteroatoms. The quantitative estimate of drug-likeness (QED) is 0.738. The molecule has 0 saturated heterocycles. The van der Waals surface area contributed by atoms with Crippen LogP contribution < -0.4 is 16.6 Å². The summed E-state index contributed by atoms with van der Waals surface area (Å²) >= 11 is 7.36. The van der Waals surface area contributed by atoms with Gasteiger partial charge < -0.3 is 16.0 Å².